The first-order valence-electron chi connectivity index (χ1n) is 8.01. The van der Waals surface area contributed by atoms with Crippen LogP contribution >= 0.6 is 0 Å². The summed E-state index contributed by atoms with van der Waals surface area (Å²) in [4.78, 5) is 42.0. The molecule has 1 amide bonds. The van der Waals surface area contributed by atoms with E-state index >= 15 is 0 Å². The van der Waals surface area contributed by atoms with Gasteiger partial charge in [-0.15, -0.1) is 0 Å². The first-order chi connectivity index (χ1) is 11.7. The number of amides is 1. The van der Waals surface area contributed by atoms with E-state index in [-0.39, 0.29) is 17.6 Å². The Bertz CT molecular complexity index is 814. The van der Waals surface area contributed by atoms with Gasteiger partial charge in [0.1, 0.15) is 11.8 Å². The Balaban J connectivity index is 1.63. The first-order valence-corrected chi connectivity index (χ1v) is 8.01. The maximum absolute atomic E-state index is 12.5. The molecule has 1 atom stereocenters. The fourth-order valence-corrected chi connectivity index (χ4v) is 3.15. The molecule has 0 bridgehead atoms. The van der Waals surface area contributed by atoms with Crippen molar-refractivity contribution < 1.29 is 9.53 Å². The highest BCUT2D eigenvalue weighted by Crippen LogP contribution is 2.21. The Morgan fingerprint density at radius 2 is 2.29 bits per heavy atom. The highest BCUT2D eigenvalue weighted by molar-refractivity contribution is 5.81. The van der Waals surface area contributed by atoms with Crippen LogP contribution in [-0.4, -0.2) is 50.0 Å². The molecular formula is C16H17N5O3. The fourth-order valence-electron chi connectivity index (χ4n) is 3.15. The molecule has 8 nitrogen and oxygen atoms in total. The predicted molar refractivity (Wildman–Crippen MR) is 84.0 cm³/mol. The number of H-pyrrole nitrogens is 1. The maximum atomic E-state index is 12.5. The molecular weight excluding hydrogens is 310 g/mol. The predicted octanol–water partition coefficient (Wildman–Crippen LogP) is 0.291. The molecule has 1 N–H and O–H groups in total. The van der Waals surface area contributed by atoms with Gasteiger partial charge in [-0.1, -0.05) is 0 Å². The van der Waals surface area contributed by atoms with E-state index < -0.39 is 0 Å². The minimum absolute atomic E-state index is 0.0127. The lowest BCUT2D eigenvalue weighted by Gasteiger charge is -2.29. The number of rotatable bonds is 2. The first kappa shape index (κ1) is 14.9. The zero-order valence-corrected chi connectivity index (χ0v) is 13.1. The van der Waals surface area contributed by atoms with Gasteiger partial charge in [0.05, 0.1) is 18.4 Å². The Labute approximate surface area is 137 Å². The van der Waals surface area contributed by atoms with Gasteiger partial charge in [0, 0.05) is 31.1 Å². The van der Waals surface area contributed by atoms with Gasteiger partial charge in [0.25, 0.3) is 11.5 Å². The minimum atomic E-state index is -0.354. The van der Waals surface area contributed by atoms with E-state index in [1.807, 2.05) is 0 Å². The molecule has 2 aliphatic heterocycles. The van der Waals surface area contributed by atoms with Gasteiger partial charge >= 0.3 is 0 Å². The number of fused-ring (bicyclic) bond motifs is 1. The fraction of sp³-hybridized carbons (Fsp3) is 0.438. The van der Waals surface area contributed by atoms with Gasteiger partial charge in [-0.3, -0.25) is 14.6 Å². The van der Waals surface area contributed by atoms with Crippen LogP contribution in [0.2, 0.25) is 0 Å². The van der Waals surface area contributed by atoms with Crippen LogP contribution in [-0.2, 0) is 22.5 Å². The van der Waals surface area contributed by atoms with Gasteiger partial charge < -0.3 is 14.6 Å². The van der Waals surface area contributed by atoms with Crippen molar-refractivity contribution >= 4 is 5.91 Å². The lowest BCUT2D eigenvalue weighted by molar-refractivity contribution is -0.141. The zero-order valence-electron chi connectivity index (χ0n) is 13.1. The van der Waals surface area contributed by atoms with Crippen LogP contribution in [0.15, 0.2) is 23.4 Å². The van der Waals surface area contributed by atoms with E-state index in [2.05, 4.69) is 19.9 Å². The van der Waals surface area contributed by atoms with Gasteiger partial charge in [0.2, 0.25) is 0 Å². The average Bonchev–Trinajstić information content (AvgIpc) is 3.16. The molecule has 2 aromatic rings. The van der Waals surface area contributed by atoms with Crippen LogP contribution in [0.1, 0.15) is 24.1 Å². The van der Waals surface area contributed by atoms with Crippen LogP contribution in [0.25, 0.3) is 11.5 Å². The third-order valence-electron chi connectivity index (χ3n) is 4.40. The lowest BCUT2D eigenvalue weighted by atomic mass is 10.1. The Hall–Kier alpha value is -2.61. The summed E-state index contributed by atoms with van der Waals surface area (Å²) in [6.45, 7) is 1.47. The Morgan fingerprint density at radius 3 is 3.04 bits per heavy atom. The van der Waals surface area contributed by atoms with Crippen molar-refractivity contribution in [1.29, 1.82) is 0 Å². The van der Waals surface area contributed by atoms with Gasteiger partial charge in [-0.25, -0.2) is 9.97 Å². The molecule has 24 heavy (non-hydrogen) atoms. The van der Waals surface area contributed by atoms with Crippen LogP contribution in [0, 0.1) is 0 Å². The van der Waals surface area contributed by atoms with Crippen molar-refractivity contribution in [1.82, 2.24) is 24.8 Å². The van der Waals surface area contributed by atoms with E-state index in [1.54, 1.807) is 23.5 Å². The van der Waals surface area contributed by atoms with E-state index in [0.29, 0.717) is 48.9 Å². The molecule has 0 aromatic carbocycles. The molecule has 2 aliphatic rings. The normalized spacial score (nSPS) is 20.0. The molecule has 1 fully saturated rings. The highest BCUT2D eigenvalue weighted by Gasteiger charge is 2.31. The summed E-state index contributed by atoms with van der Waals surface area (Å²) in [6, 6.07) is 0. The van der Waals surface area contributed by atoms with E-state index in [1.165, 1.54) is 0 Å². The molecule has 0 unspecified atom stereocenters. The van der Waals surface area contributed by atoms with Gasteiger partial charge in [0.15, 0.2) is 5.82 Å². The summed E-state index contributed by atoms with van der Waals surface area (Å²) in [7, 11) is 0. The second-order valence-electron chi connectivity index (χ2n) is 5.94. The summed E-state index contributed by atoms with van der Waals surface area (Å²) < 4.78 is 5.47. The zero-order chi connectivity index (χ0) is 16.5. The average molecular weight is 327 g/mol. The smallest absolute Gasteiger partial charge is 0.254 e. The molecule has 0 spiro atoms. The molecule has 2 aromatic heterocycles. The molecule has 4 heterocycles. The highest BCUT2D eigenvalue weighted by atomic mass is 16.5. The number of hydrogen-bond acceptors (Lipinski definition) is 6. The summed E-state index contributed by atoms with van der Waals surface area (Å²) in [5.74, 6) is 0.361. The second kappa shape index (κ2) is 6.12. The monoisotopic (exact) mass is 327 g/mol. The molecule has 0 aliphatic carbocycles. The number of carbonyl (C=O) groups is 1. The topological polar surface area (TPSA) is 101 Å². The molecule has 0 radical (unpaired) electrons. The number of carbonyl (C=O) groups excluding carboxylic acids is 1. The SMILES string of the molecule is O=C([C@@H]1CCCO1)N1CCc2c(nc(-c3cnccn3)[nH]c2=O)C1. The number of aromatic nitrogens is 4. The van der Waals surface area contributed by atoms with E-state index in [9.17, 15) is 9.59 Å². The van der Waals surface area contributed by atoms with E-state index in [0.717, 1.165) is 12.8 Å². The largest absolute Gasteiger partial charge is 0.368 e. The molecule has 0 saturated carbocycles. The van der Waals surface area contributed by atoms with Crippen LogP contribution in [0.4, 0.5) is 0 Å². The van der Waals surface area contributed by atoms with E-state index in [4.69, 9.17) is 4.74 Å². The Morgan fingerprint density at radius 1 is 1.38 bits per heavy atom. The van der Waals surface area contributed by atoms with Crippen molar-refractivity contribution in [2.45, 2.75) is 31.9 Å². The molecule has 124 valence electrons. The Kier molecular flexibility index (Phi) is 3.81. The minimum Gasteiger partial charge on any atom is -0.368 e. The van der Waals surface area contributed by atoms with Crippen LogP contribution in [0.5, 0.6) is 0 Å². The summed E-state index contributed by atoms with van der Waals surface area (Å²) in [6.07, 6.45) is 6.46. The van der Waals surface area contributed by atoms with Crippen molar-refractivity contribution in [2.75, 3.05) is 13.2 Å². The number of nitrogens with zero attached hydrogens (tertiary/aromatic N) is 4. The number of nitrogens with one attached hydrogen (secondary N) is 1. The molecule has 4 rings (SSSR count). The standard InChI is InChI=1S/C16H17N5O3/c22-15-10-3-6-21(16(23)13-2-1-7-24-13)9-12(10)19-14(20-15)11-8-17-4-5-18-11/h4-5,8,13H,1-3,6-7,9H2,(H,19,20,22)/t13-/m0/s1. The third kappa shape index (κ3) is 2.69. The van der Waals surface area contributed by atoms with Gasteiger partial charge in [-0.2, -0.15) is 0 Å². The van der Waals surface area contributed by atoms with Crippen molar-refractivity contribution in [3.8, 4) is 11.5 Å². The van der Waals surface area contributed by atoms with Crippen LogP contribution in [0.3, 0.4) is 0 Å². The number of ether oxygens (including phenoxy) is 1. The maximum Gasteiger partial charge on any atom is 0.254 e. The van der Waals surface area contributed by atoms with Crippen molar-refractivity contribution in [2.24, 2.45) is 0 Å². The summed E-state index contributed by atoms with van der Waals surface area (Å²) in [5, 5.41) is 0. The van der Waals surface area contributed by atoms with Gasteiger partial charge in [-0.05, 0) is 19.3 Å². The second-order valence-corrected chi connectivity index (χ2v) is 5.94. The summed E-state index contributed by atoms with van der Waals surface area (Å²) in [5.41, 5.74) is 1.58. The lowest BCUT2D eigenvalue weighted by Crippen LogP contribution is -2.43. The quantitative estimate of drug-likeness (QED) is 0.851. The number of hydrogen-bond donors (Lipinski definition) is 1. The summed E-state index contributed by atoms with van der Waals surface area (Å²) >= 11 is 0. The van der Waals surface area contributed by atoms with Crippen LogP contribution < -0.4 is 5.56 Å². The third-order valence-corrected chi connectivity index (χ3v) is 4.40. The van der Waals surface area contributed by atoms with Crippen molar-refractivity contribution in [3.63, 3.8) is 0 Å². The molecule has 1 saturated heterocycles. The number of aromatic amines is 1. The molecule has 8 heteroatoms. The van der Waals surface area contributed by atoms with Crippen molar-refractivity contribution in [3.05, 3.63) is 40.2 Å².